The number of carboxylic acid groups (broad SMARTS) is 1. The predicted molar refractivity (Wildman–Crippen MR) is 104 cm³/mol. The zero-order valence-electron chi connectivity index (χ0n) is 14.6. The number of aryl methyl sites for hydroxylation is 1. The van der Waals surface area contributed by atoms with Crippen molar-refractivity contribution in [3.63, 3.8) is 0 Å². The van der Waals surface area contributed by atoms with Crippen LogP contribution in [0, 0.1) is 6.92 Å². The average Bonchev–Trinajstić information content (AvgIpc) is 3.12. The van der Waals surface area contributed by atoms with Gasteiger partial charge in [-0.1, -0.05) is 59.6 Å². The van der Waals surface area contributed by atoms with Crippen molar-refractivity contribution < 1.29 is 14.7 Å². The first-order chi connectivity index (χ1) is 13.0. The van der Waals surface area contributed by atoms with Gasteiger partial charge in [0.15, 0.2) is 0 Å². The summed E-state index contributed by atoms with van der Waals surface area (Å²) in [4.78, 5) is 23.7. The molecule has 0 fully saturated rings. The molecule has 0 atom stereocenters. The highest BCUT2D eigenvalue weighted by atomic mass is 35.5. The van der Waals surface area contributed by atoms with E-state index in [0.717, 1.165) is 5.56 Å². The summed E-state index contributed by atoms with van der Waals surface area (Å²) in [6.07, 6.45) is 5.10. The molecule has 6 heteroatoms. The fourth-order valence-electron chi connectivity index (χ4n) is 2.61. The molecule has 0 amide bonds. The van der Waals surface area contributed by atoms with Crippen molar-refractivity contribution in [3.05, 3.63) is 93.8 Å². The molecule has 0 bridgehead atoms. The van der Waals surface area contributed by atoms with E-state index < -0.39 is 5.97 Å². The molecule has 136 valence electrons. The van der Waals surface area contributed by atoms with Crippen LogP contribution in [0.4, 0.5) is 0 Å². The molecule has 0 unspecified atom stereocenters. The van der Waals surface area contributed by atoms with Crippen molar-refractivity contribution in [1.29, 1.82) is 0 Å². The minimum absolute atomic E-state index is 0.134. The highest BCUT2D eigenvalue weighted by Crippen LogP contribution is 2.21. The number of halogens is 1. The normalized spacial score (nSPS) is 11.0. The molecule has 5 nitrogen and oxygen atoms in total. The van der Waals surface area contributed by atoms with E-state index in [1.54, 1.807) is 53.4 Å². The lowest BCUT2D eigenvalue weighted by Gasteiger charge is -2.03. The molecular weight excluding hydrogens is 364 g/mol. The topological polar surface area (TPSA) is 72.2 Å². The SMILES string of the molecule is Cc1ccc(C(=O)c2ccn(C/C=C/c3c(Cl)cccc3C(=O)O)n2)cc1. The zero-order valence-corrected chi connectivity index (χ0v) is 15.3. The van der Waals surface area contributed by atoms with Crippen LogP contribution in [0.2, 0.25) is 5.02 Å². The first-order valence-corrected chi connectivity index (χ1v) is 8.66. The predicted octanol–water partition coefficient (Wildman–Crippen LogP) is 4.49. The number of carbonyl (C=O) groups is 2. The van der Waals surface area contributed by atoms with Crippen LogP contribution in [0.25, 0.3) is 6.08 Å². The summed E-state index contributed by atoms with van der Waals surface area (Å²) in [5, 5.41) is 13.9. The van der Waals surface area contributed by atoms with Crippen molar-refractivity contribution in [3.8, 4) is 0 Å². The minimum Gasteiger partial charge on any atom is -0.478 e. The Balaban J connectivity index is 1.74. The summed E-state index contributed by atoms with van der Waals surface area (Å²) in [7, 11) is 0. The van der Waals surface area contributed by atoms with Gasteiger partial charge < -0.3 is 5.11 Å². The summed E-state index contributed by atoms with van der Waals surface area (Å²) in [6.45, 7) is 2.34. The smallest absolute Gasteiger partial charge is 0.336 e. The number of benzene rings is 2. The maximum absolute atomic E-state index is 12.5. The first kappa shape index (κ1) is 18.6. The van der Waals surface area contributed by atoms with Gasteiger partial charge in [-0.15, -0.1) is 0 Å². The van der Waals surface area contributed by atoms with E-state index in [4.69, 9.17) is 11.6 Å². The number of carbonyl (C=O) groups excluding carboxylic acids is 1. The second-order valence-electron chi connectivity index (χ2n) is 6.03. The van der Waals surface area contributed by atoms with Gasteiger partial charge in [0.05, 0.1) is 12.1 Å². The van der Waals surface area contributed by atoms with Gasteiger partial charge >= 0.3 is 5.97 Å². The summed E-state index contributed by atoms with van der Waals surface area (Å²) in [5.74, 6) is -1.18. The molecule has 3 aromatic rings. The second-order valence-corrected chi connectivity index (χ2v) is 6.43. The fourth-order valence-corrected chi connectivity index (χ4v) is 2.85. The van der Waals surface area contributed by atoms with Crippen molar-refractivity contribution in [2.45, 2.75) is 13.5 Å². The lowest BCUT2D eigenvalue weighted by molar-refractivity contribution is 0.0696. The van der Waals surface area contributed by atoms with Crippen LogP contribution in [0.5, 0.6) is 0 Å². The van der Waals surface area contributed by atoms with Gasteiger partial charge in [0, 0.05) is 22.3 Å². The van der Waals surface area contributed by atoms with Crippen molar-refractivity contribution in [2.75, 3.05) is 0 Å². The van der Waals surface area contributed by atoms with E-state index in [2.05, 4.69) is 5.10 Å². The number of hydrogen-bond donors (Lipinski definition) is 1. The Bertz CT molecular complexity index is 1020. The molecule has 1 N–H and O–H groups in total. The van der Waals surface area contributed by atoms with Crippen LogP contribution in [0.15, 0.2) is 60.8 Å². The first-order valence-electron chi connectivity index (χ1n) is 8.29. The van der Waals surface area contributed by atoms with E-state index >= 15 is 0 Å². The zero-order chi connectivity index (χ0) is 19.4. The van der Waals surface area contributed by atoms with Crippen molar-refractivity contribution in [1.82, 2.24) is 9.78 Å². The van der Waals surface area contributed by atoms with E-state index in [9.17, 15) is 14.7 Å². The Morgan fingerprint density at radius 1 is 1.15 bits per heavy atom. The molecule has 27 heavy (non-hydrogen) atoms. The molecule has 2 aromatic carbocycles. The van der Waals surface area contributed by atoms with Gasteiger partial charge in [-0.3, -0.25) is 9.48 Å². The highest BCUT2D eigenvalue weighted by Gasteiger charge is 2.12. The number of allylic oxidation sites excluding steroid dienone is 1. The van der Waals surface area contributed by atoms with E-state index in [0.29, 0.717) is 28.4 Å². The molecule has 0 saturated heterocycles. The Hall–Kier alpha value is -3.18. The van der Waals surface area contributed by atoms with E-state index in [1.165, 1.54) is 6.07 Å². The molecule has 0 aliphatic heterocycles. The number of hydrogen-bond acceptors (Lipinski definition) is 3. The van der Waals surface area contributed by atoms with Crippen LogP contribution in [0.3, 0.4) is 0 Å². The molecule has 1 heterocycles. The molecule has 0 saturated carbocycles. The lowest BCUT2D eigenvalue weighted by atomic mass is 10.1. The van der Waals surface area contributed by atoms with E-state index in [-0.39, 0.29) is 11.3 Å². The second kappa shape index (κ2) is 8.01. The Kier molecular flexibility index (Phi) is 5.52. The molecule has 3 rings (SSSR count). The Labute approximate surface area is 161 Å². The number of rotatable bonds is 6. The van der Waals surface area contributed by atoms with Gasteiger partial charge in [-0.05, 0) is 25.1 Å². The number of aromatic nitrogens is 2. The number of nitrogens with zero attached hydrogens (tertiary/aromatic N) is 2. The van der Waals surface area contributed by atoms with Crippen LogP contribution in [-0.2, 0) is 6.54 Å². The third-order valence-electron chi connectivity index (χ3n) is 4.05. The summed E-state index contributed by atoms with van der Waals surface area (Å²) < 4.78 is 1.61. The maximum Gasteiger partial charge on any atom is 0.336 e. The number of ketones is 1. The van der Waals surface area contributed by atoms with Gasteiger partial charge in [-0.25, -0.2) is 4.79 Å². The molecule has 0 radical (unpaired) electrons. The summed E-state index contributed by atoms with van der Waals surface area (Å²) in [5.41, 5.74) is 2.60. The quantitative estimate of drug-likeness (QED) is 0.639. The van der Waals surface area contributed by atoms with Gasteiger partial charge in [0.1, 0.15) is 5.69 Å². The van der Waals surface area contributed by atoms with Gasteiger partial charge in [0.25, 0.3) is 0 Å². The van der Waals surface area contributed by atoms with Crippen LogP contribution < -0.4 is 0 Å². The number of carboxylic acids is 1. The van der Waals surface area contributed by atoms with Crippen LogP contribution >= 0.6 is 11.6 Å². The minimum atomic E-state index is -1.04. The van der Waals surface area contributed by atoms with E-state index in [1.807, 2.05) is 19.1 Å². The molecule has 0 aliphatic carbocycles. The lowest BCUT2D eigenvalue weighted by Crippen LogP contribution is -2.04. The largest absolute Gasteiger partial charge is 0.478 e. The standard InChI is InChI=1S/C21H17ClN2O3/c1-14-7-9-15(10-8-14)20(25)19-11-13-24(23-19)12-3-5-16-17(21(26)27)4-2-6-18(16)22/h2-11,13H,12H2,1H3,(H,26,27)/b5-3+. The molecule has 1 aromatic heterocycles. The molecular formula is C21H17ClN2O3. The monoisotopic (exact) mass is 380 g/mol. The van der Waals surface area contributed by atoms with Gasteiger partial charge in [0.2, 0.25) is 5.78 Å². The molecule has 0 aliphatic rings. The number of aromatic carboxylic acids is 1. The van der Waals surface area contributed by atoms with Crippen molar-refractivity contribution in [2.24, 2.45) is 0 Å². The maximum atomic E-state index is 12.5. The Morgan fingerprint density at radius 2 is 1.89 bits per heavy atom. The summed E-state index contributed by atoms with van der Waals surface area (Å²) in [6, 6.07) is 13.7. The third-order valence-corrected chi connectivity index (χ3v) is 4.38. The molecule has 0 spiro atoms. The van der Waals surface area contributed by atoms with Crippen LogP contribution in [-0.4, -0.2) is 26.6 Å². The van der Waals surface area contributed by atoms with Gasteiger partial charge in [-0.2, -0.15) is 5.10 Å². The average molecular weight is 381 g/mol. The highest BCUT2D eigenvalue weighted by molar-refractivity contribution is 6.32. The fraction of sp³-hybridized carbons (Fsp3) is 0.0952. The van der Waals surface area contributed by atoms with Crippen LogP contribution in [0.1, 0.15) is 37.5 Å². The summed E-state index contributed by atoms with van der Waals surface area (Å²) >= 11 is 6.10. The van der Waals surface area contributed by atoms with Crippen molar-refractivity contribution >= 4 is 29.4 Å². The third kappa shape index (κ3) is 4.33. The Morgan fingerprint density at radius 3 is 2.59 bits per heavy atom.